The van der Waals surface area contributed by atoms with Gasteiger partial charge in [-0.2, -0.15) is 0 Å². The van der Waals surface area contributed by atoms with Crippen LogP contribution >= 0.6 is 0 Å². The molecule has 0 radical (unpaired) electrons. The molecule has 0 N–H and O–H groups in total. The Morgan fingerprint density at radius 2 is 1.06 bits per heavy atom. The van der Waals surface area contributed by atoms with Crippen LogP contribution in [0.15, 0.2) is 53.9 Å². The third kappa shape index (κ3) is 3.85. The summed E-state index contributed by atoms with van der Waals surface area (Å²) in [5.74, 6) is 0. The van der Waals surface area contributed by atoms with E-state index in [2.05, 4.69) is 125 Å². The largest absolute Gasteiger partial charge is 0.359 e. The molecule has 0 unspecified atom stereocenters. The van der Waals surface area contributed by atoms with Crippen molar-refractivity contribution in [1.82, 2.24) is 4.90 Å². The summed E-state index contributed by atoms with van der Waals surface area (Å²) in [5, 5.41) is 0. The Kier molecular flexibility index (Phi) is 5.58. The lowest BCUT2D eigenvalue weighted by molar-refractivity contribution is 0.460. The molecule has 0 aliphatic carbocycles. The standard InChI is InChI=1S/C31H38N4/c1-19-10-22(4)31(23(5)11-19)26-14-27(34-17-32(8)24(6)25(34)7)16-28(15-26)35-18-33(9)29-12-20(2)21(3)13-30(29)35/h10-16H,17-18H2,1-9H3. The number of hydrogen-bond acceptors (Lipinski definition) is 4. The minimum Gasteiger partial charge on any atom is -0.359 e. The second-order valence-corrected chi connectivity index (χ2v) is 10.6. The molecule has 0 amide bonds. The van der Waals surface area contributed by atoms with Gasteiger partial charge in [-0.15, -0.1) is 0 Å². The molecule has 0 fully saturated rings. The first kappa shape index (κ1) is 23.3. The molecule has 0 atom stereocenters. The van der Waals surface area contributed by atoms with Crippen molar-refractivity contribution in [2.45, 2.75) is 48.5 Å². The maximum Gasteiger partial charge on any atom is 0.0950 e. The molecule has 0 bridgehead atoms. The van der Waals surface area contributed by atoms with E-state index in [9.17, 15) is 0 Å². The molecule has 0 saturated heterocycles. The lowest BCUT2D eigenvalue weighted by Gasteiger charge is -2.27. The van der Waals surface area contributed by atoms with Crippen LogP contribution in [0.2, 0.25) is 0 Å². The Hall–Kier alpha value is -3.40. The highest BCUT2D eigenvalue weighted by atomic mass is 15.4. The molecule has 182 valence electrons. The Bertz CT molecular complexity index is 1340. The summed E-state index contributed by atoms with van der Waals surface area (Å²) < 4.78 is 0. The third-order valence-electron chi connectivity index (χ3n) is 7.99. The van der Waals surface area contributed by atoms with Gasteiger partial charge >= 0.3 is 0 Å². The molecule has 3 aromatic rings. The number of aryl methyl sites for hydroxylation is 5. The number of anilines is 4. The number of nitrogens with zero attached hydrogens (tertiary/aromatic N) is 4. The van der Waals surface area contributed by atoms with Gasteiger partial charge in [-0.1, -0.05) is 17.7 Å². The molecule has 2 aliphatic rings. The van der Waals surface area contributed by atoms with Gasteiger partial charge in [0, 0.05) is 36.9 Å². The van der Waals surface area contributed by atoms with Crippen molar-refractivity contribution in [1.29, 1.82) is 0 Å². The molecular weight excluding hydrogens is 428 g/mol. The van der Waals surface area contributed by atoms with Gasteiger partial charge in [0.1, 0.15) is 0 Å². The van der Waals surface area contributed by atoms with E-state index in [1.54, 1.807) is 0 Å². The lowest BCUT2D eigenvalue weighted by Crippen LogP contribution is -2.26. The van der Waals surface area contributed by atoms with Crippen molar-refractivity contribution in [2.24, 2.45) is 0 Å². The van der Waals surface area contributed by atoms with Gasteiger partial charge in [-0.3, -0.25) is 0 Å². The highest BCUT2D eigenvalue weighted by Gasteiger charge is 2.28. The molecule has 4 heteroatoms. The third-order valence-corrected chi connectivity index (χ3v) is 7.99. The first-order valence-electron chi connectivity index (χ1n) is 12.5. The summed E-state index contributed by atoms with van der Waals surface area (Å²) in [4.78, 5) is 9.60. The quantitative estimate of drug-likeness (QED) is 0.399. The van der Waals surface area contributed by atoms with Gasteiger partial charge in [0.15, 0.2) is 0 Å². The summed E-state index contributed by atoms with van der Waals surface area (Å²) in [5.41, 5.74) is 17.0. The Labute approximate surface area is 211 Å². The van der Waals surface area contributed by atoms with Gasteiger partial charge in [0.05, 0.1) is 24.7 Å². The minimum atomic E-state index is 0.848. The zero-order valence-electron chi connectivity index (χ0n) is 22.7. The van der Waals surface area contributed by atoms with E-state index in [4.69, 9.17) is 0 Å². The monoisotopic (exact) mass is 466 g/mol. The van der Waals surface area contributed by atoms with Crippen LogP contribution in [-0.2, 0) is 0 Å². The van der Waals surface area contributed by atoms with E-state index in [1.807, 2.05) is 0 Å². The molecule has 5 rings (SSSR count). The summed E-state index contributed by atoms with van der Waals surface area (Å²) in [7, 11) is 4.37. The molecule has 35 heavy (non-hydrogen) atoms. The molecule has 0 spiro atoms. The van der Waals surface area contributed by atoms with Crippen molar-refractivity contribution in [3.63, 3.8) is 0 Å². The first-order chi connectivity index (χ1) is 16.5. The number of benzene rings is 3. The van der Waals surface area contributed by atoms with Crippen LogP contribution in [0.4, 0.5) is 22.7 Å². The second kappa shape index (κ2) is 8.37. The zero-order chi connectivity index (χ0) is 25.2. The summed E-state index contributed by atoms with van der Waals surface area (Å²) in [6.45, 7) is 17.3. The number of fused-ring (bicyclic) bond motifs is 1. The summed E-state index contributed by atoms with van der Waals surface area (Å²) >= 11 is 0. The van der Waals surface area contributed by atoms with Crippen LogP contribution in [0, 0.1) is 34.6 Å². The van der Waals surface area contributed by atoms with Crippen molar-refractivity contribution in [2.75, 3.05) is 42.1 Å². The average molecular weight is 467 g/mol. The number of allylic oxidation sites excluding steroid dienone is 2. The van der Waals surface area contributed by atoms with Crippen LogP contribution in [0.3, 0.4) is 0 Å². The predicted octanol–water partition coefficient (Wildman–Crippen LogP) is 7.40. The fourth-order valence-electron chi connectivity index (χ4n) is 5.75. The Morgan fingerprint density at radius 1 is 0.514 bits per heavy atom. The van der Waals surface area contributed by atoms with Gasteiger partial charge < -0.3 is 19.6 Å². The molecular formula is C31H38N4. The Balaban J connectivity index is 1.72. The van der Waals surface area contributed by atoms with Crippen molar-refractivity contribution < 1.29 is 0 Å². The van der Waals surface area contributed by atoms with E-state index in [1.165, 1.54) is 73.1 Å². The van der Waals surface area contributed by atoms with Gasteiger partial charge in [0.25, 0.3) is 0 Å². The van der Waals surface area contributed by atoms with Crippen LogP contribution in [0.5, 0.6) is 0 Å². The molecule has 0 aromatic heterocycles. The van der Waals surface area contributed by atoms with Gasteiger partial charge in [-0.05, 0) is 112 Å². The summed E-state index contributed by atoms with van der Waals surface area (Å²) in [6, 6.07) is 16.4. The van der Waals surface area contributed by atoms with Crippen LogP contribution in [0.1, 0.15) is 41.7 Å². The van der Waals surface area contributed by atoms with Crippen molar-refractivity contribution in [3.8, 4) is 11.1 Å². The fourth-order valence-corrected chi connectivity index (χ4v) is 5.75. The van der Waals surface area contributed by atoms with E-state index < -0.39 is 0 Å². The van der Waals surface area contributed by atoms with Crippen molar-refractivity contribution >= 4 is 22.7 Å². The van der Waals surface area contributed by atoms with E-state index in [0.29, 0.717) is 0 Å². The Morgan fingerprint density at radius 3 is 1.63 bits per heavy atom. The normalized spacial score (nSPS) is 15.6. The minimum absolute atomic E-state index is 0.848. The maximum atomic E-state index is 2.47. The van der Waals surface area contributed by atoms with Crippen LogP contribution in [0.25, 0.3) is 11.1 Å². The van der Waals surface area contributed by atoms with Crippen LogP contribution < -0.4 is 14.7 Å². The second-order valence-electron chi connectivity index (χ2n) is 10.6. The molecule has 3 aromatic carbocycles. The van der Waals surface area contributed by atoms with Gasteiger partial charge in [0.2, 0.25) is 0 Å². The van der Waals surface area contributed by atoms with E-state index in [0.717, 1.165) is 13.3 Å². The van der Waals surface area contributed by atoms with Gasteiger partial charge in [-0.25, -0.2) is 0 Å². The number of rotatable bonds is 3. The summed E-state index contributed by atoms with van der Waals surface area (Å²) in [6.07, 6.45) is 0. The maximum absolute atomic E-state index is 2.47. The topological polar surface area (TPSA) is 13.0 Å². The molecule has 2 aliphatic heterocycles. The fraction of sp³-hybridized carbons (Fsp3) is 0.355. The molecule has 0 saturated carbocycles. The predicted molar refractivity (Wildman–Crippen MR) is 151 cm³/mol. The molecule has 2 heterocycles. The average Bonchev–Trinajstić information content (AvgIpc) is 3.24. The smallest absolute Gasteiger partial charge is 0.0950 e. The number of hydrogen-bond donors (Lipinski definition) is 0. The zero-order valence-corrected chi connectivity index (χ0v) is 22.7. The van der Waals surface area contributed by atoms with Crippen molar-refractivity contribution in [3.05, 3.63) is 81.7 Å². The van der Waals surface area contributed by atoms with E-state index >= 15 is 0 Å². The first-order valence-corrected chi connectivity index (χ1v) is 12.5. The molecule has 4 nitrogen and oxygen atoms in total. The highest BCUT2D eigenvalue weighted by Crippen LogP contribution is 2.45. The SMILES string of the molecule is CC1=C(C)N(c2cc(-c3c(C)cc(C)cc3C)cc(N3CN(C)c4cc(C)c(C)cc43)c2)CN1C. The van der Waals surface area contributed by atoms with E-state index in [-0.39, 0.29) is 0 Å². The highest BCUT2D eigenvalue weighted by molar-refractivity contribution is 5.87. The lowest BCUT2D eigenvalue weighted by atomic mass is 9.93. The van der Waals surface area contributed by atoms with Crippen LogP contribution in [-0.4, -0.2) is 32.3 Å².